The predicted octanol–water partition coefficient (Wildman–Crippen LogP) is 3.48. The molecule has 0 saturated carbocycles. The zero-order valence-corrected chi connectivity index (χ0v) is 4.41. The van der Waals surface area contributed by atoms with Crippen molar-refractivity contribution in [3.63, 3.8) is 0 Å². The zero-order valence-electron chi connectivity index (χ0n) is 4.41. The fourth-order valence-corrected chi connectivity index (χ4v) is 0. The quantitative estimate of drug-likeness (QED) is 0.450. The average molecular weight is 112 g/mol. The first-order valence-electron chi connectivity index (χ1n) is 2.00. The molecule has 0 rings (SSSR count). The molecule has 0 aromatic carbocycles. The van der Waals surface area contributed by atoms with Crippen LogP contribution in [0.15, 0.2) is 0 Å². The number of halogens is 1. The Morgan fingerprint density at radius 1 is 0.571 bits per heavy atom. The lowest BCUT2D eigenvalue weighted by molar-refractivity contribution is 1.11. The highest BCUT2D eigenvalue weighted by Gasteiger charge is 0.934. The van der Waals surface area contributed by atoms with Gasteiger partial charge in [-0.2, -0.15) is 0 Å². The fourth-order valence-electron chi connectivity index (χ4n) is 0. The van der Waals surface area contributed by atoms with Gasteiger partial charge in [0.15, 0.2) is 0 Å². The van der Waals surface area contributed by atoms with Crippen LogP contribution in [0.5, 0.6) is 0 Å². The van der Waals surface area contributed by atoms with Crippen molar-refractivity contribution in [1.29, 1.82) is 0 Å². The van der Waals surface area contributed by atoms with Gasteiger partial charge in [-0.15, -0.1) is 0 Å². The third-order valence-corrected chi connectivity index (χ3v) is 0. The molecule has 0 heterocycles. The van der Waals surface area contributed by atoms with E-state index in [-0.39, 0.29) is 19.6 Å². The Balaban J connectivity index is -0.00000000267. The summed E-state index contributed by atoms with van der Waals surface area (Å²) in [6.45, 7) is 8.00. The maximum absolute atomic E-state index is 2.00. The summed E-state index contributed by atoms with van der Waals surface area (Å²) in [5.74, 6) is 0. The van der Waals surface area contributed by atoms with E-state index in [2.05, 4.69) is 0 Å². The molecular formula is C6H21F. The minimum absolute atomic E-state index is 0. The molecule has 1 heteroatoms. The molecule has 0 saturated heterocycles. The summed E-state index contributed by atoms with van der Waals surface area (Å²) in [6, 6.07) is 0. The maximum Gasteiger partial charge on any atom is -0.0683 e. The van der Waals surface area contributed by atoms with Crippen molar-refractivity contribution in [1.82, 2.24) is 0 Å². The van der Waals surface area contributed by atoms with E-state index in [1.54, 1.807) is 0 Å². The Morgan fingerprint density at radius 2 is 0.571 bits per heavy atom. The lowest BCUT2D eigenvalue weighted by atomic mass is 11.0. The van der Waals surface area contributed by atoms with Gasteiger partial charge in [0.05, 0.1) is 0 Å². The van der Waals surface area contributed by atoms with Gasteiger partial charge in [0.2, 0.25) is 0 Å². The molecule has 7 heavy (non-hydrogen) atoms. The van der Waals surface area contributed by atoms with Crippen molar-refractivity contribution in [2.24, 2.45) is 0 Å². The molecule has 0 unspecified atom stereocenters. The van der Waals surface area contributed by atoms with E-state index in [1.165, 1.54) is 0 Å². The van der Waals surface area contributed by atoms with Crippen LogP contribution >= 0.6 is 0 Å². The highest BCUT2D eigenvalue weighted by molar-refractivity contribution is 3.51. The Bertz CT molecular complexity index is 4.14. The second-order valence-corrected chi connectivity index (χ2v) is 0. The van der Waals surface area contributed by atoms with Crippen LogP contribution in [-0.4, -0.2) is 0 Å². The second kappa shape index (κ2) is 29400. The Labute approximate surface area is 48.3 Å². The molecule has 0 aromatic heterocycles. The predicted molar refractivity (Wildman–Crippen MR) is 38.7 cm³/mol. The Morgan fingerprint density at radius 3 is 0.571 bits per heavy atom. The first-order valence-corrected chi connectivity index (χ1v) is 2.00. The second-order valence-electron chi connectivity index (χ2n) is 0. The monoisotopic (exact) mass is 112 g/mol. The lowest BCUT2D eigenvalue weighted by Crippen LogP contribution is -0.856. The van der Waals surface area contributed by atoms with Gasteiger partial charge in [0.25, 0.3) is 0 Å². The third kappa shape index (κ3) is 18700. The van der Waals surface area contributed by atoms with E-state index in [4.69, 9.17) is 0 Å². The van der Waals surface area contributed by atoms with Gasteiger partial charge in [0.1, 0.15) is 0 Å². The minimum atomic E-state index is 0. The van der Waals surface area contributed by atoms with Crippen molar-refractivity contribution >= 4 is 0 Å². The molecule has 0 bridgehead atoms. The van der Waals surface area contributed by atoms with E-state index in [9.17, 15) is 0 Å². The van der Waals surface area contributed by atoms with Crippen LogP contribution in [-0.2, 0) is 0 Å². The Kier molecular flexibility index (Phi) is 275000. The minimum Gasteiger partial charge on any atom is -0.269 e. The van der Waals surface area contributed by atoms with Crippen LogP contribution in [0, 0.1) is 0 Å². The van der Waals surface area contributed by atoms with E-state index >= 15 is 0 Å². The van der Waals surface area contributed by atoms with E-state index in [0.717, 1.165) is 0 Å². The molecule has 0 amide bonds. The molecule has 0 aliphatic heterocycles. The van der Waals surface area contributed by atoms with Crippen LogP contribution in [0.1, 0.15) is 42.5 Å². The molecule has 0 N–H and O–H groups in total. The van der Waals surface area contributed by atoms with Crippen molar-refractivity contribution in [2.75, 3.05) is 0 Å². The summed E-state index contributed by atoms with van der Waals surface area (Å²) in [6.07, 6.45) is 0. The molecule has 0 spiro atoms. The highest BCUT2D eigenvalue weighted by atomic mass is 19.0. The Hall–Kier alpha value is -0.0700. The van der Waals surface area contributed by atoms with Crippen LogP contribution in [0.25, 0.3) is 0 Å². The molecule has 0 aliphatic rings. The number of rotatable bonds is 0. The molecule has 0 nitrogen and oxygen atoms in total. The smallest absolute Gasteiger partial charge is 0.0683 e. The van der Waals surface area contributed by atoms with Crippen molar-refractivity contribution in [3.05, 3.63) is 0 Å². The van der Waals surface area contributed by atoms with Crippen LogP contribution in [0.4, 0.5) is 4.70 Å². The van der Waals surface area contributed by atoms with E-state index in [0.29, 0.717) is 0 Å². The first kappa shape index (κ1) is 65.4. The number of hydrogen-bond acceptors (Lipinski definition) is 0. The van der Waals surface area contributed by atoms with Gasteiger partial charge in [-0.3, -0.25) is 4.70 Å². The lowest BCUT2D eigenvalue weighted by Gasteiger charge is -1.07. The van der Waals surface area contributed by atoms with Crippen LogP contribution in [0.3, 0.4) is 0 Å². The van der Waals surface area contributed by atoms with E-state index in [1.807, 2.05) is 27.7 Å². The number of hydrogen-bond donors (Lipinski definition) is 0. The third-order valence-electron chi connectivity index (χ3n) is 0. The maximum atomic E-state index is 2.00. The van der Waals surface area contributed by atoms with E-state index < -0.39 is 0 Å². The van der Waals surface area contributed by atoms with Crippen LogP contribution < -0.4 is 0 Å². The first-order chi connectivity index (χ1) is 2.00. The summed E-state index contributed by atoms with van der Waals surface area (Å²) in [5, 5.41) is 0. The molecule has 52 valence electrons. The van der Waals surface area contributed by atoms with Crippen molar-refractivity contribution in [2.45, 2.75) is 42.5 Å². The normalized spacial score (nSPS) is 1.71. The molecule has 0 radical (unpaired) electrons. The van der Waals surface area contributed by atoms with Gasteiger partial charge in [0, 0.05) is 0 Å². The molecule has 0 aliphatic carbocycles. The topological polar surface area (TPSA) is 0 Å². The molecule has 0 fully saturated rings. The summed E-state index contributed by atoms with van der Waals surface area (Å²) >= 11 is 0. The van der Waals surface area contributed by atoms with Gasteiger partial charge in [-0.1, -0.05) is 42.5 Å². The highest BCUT2D eigenvalue weighted by Crippen LogP contribution is 1.15. The van der Waals surface area contributed by atoms with Gasteiger partial charge < -0.3 is 0 Å². The summed E-state index contributed by atoms with van der Waals surface area (Å²) in [5.41, 5.74) is 0. The molecule has 0 atom stereocenters. The van der Waals surface area contributed by atoms with Gasteiger partial charge in [-0.25, -0.2) is 0 Å². The van der Waals surface area contributed by atoms with Crippen LogP contribution in [0.2, 0.25) is 0 Å². The SMILES string of the molecule is C.C.CC.CC.F. The van der Waals surface area contributed by atoms with Crippen molar-refractivity contribution < 1.29 is 4.70 Å². The fraction of sp³-hybridized carbons (Fsp3) is 1.00. The standard InChI is InChI=1S/2C2H6.2CH4.FH/c2*1-2;;;/h2*1-2H3;2*1H4;1H. The summed E-state index contributed by atoms with van der Waals surface area (Å²) < 4.78 is 0. The van der Waals surface area contributed by atoms with Crippen molar-refractivity contribution in [3.8, 4) is 0 Å². The van der Waals surface area contributed by atoms with Gasteiger partial charge >= 0.3 is 0 Å². The van der Waals surface area contributed by atoms with Gasteiger partial charge in [-0.05, 0) is 0 Å². The molecular weight excluding hydrogens is 91.1 g/mol. The summed E-state index contributed by atoms with van der Waals surface area (Å²) in [4.78, 5) is 0. The summed E-state index contributed by atoms with van der Waals surface area (Å²) in [7, 11) is 0. The largest absolute Gasteiger partial charge is 0.269 e. The average Bonchev–Trinajstić information content (AvgIpc) is 1.50. The molecule has 0 aromatic rings. The zero-order chi connectivity index (χ0) is 4.00.